The number of hydrogen-bond donors (Lipinski definition) is 0. The maximum Gasteiger partial charge on any atom is 0.421 e. The molecule has 1 aliphatic rings. The molecule has 1 atom stereocenters. The lowest BCUT2D eigenvalue weighted by Gasteiger charge is -2.31. The van der Waals surface area contributed by atoms with Crippen LogP contribution in [0.5, 0.6) is 0 Å². The van der Waals surface area contributed by atoms with Gasteiger partial charge in [0.25, 0.3) is 0 Å². The summed E-state index contributed by atoms with van der Waals surface area (Å²) in [5, 5.41) is 2.25. The van der Waals surface area contributed by atoms with Crippen molar-refractivity contribution < 1.29 is 19.1 Å². The summed E-state index contributed by atoms with van der Waals surface area (Å²) in [4.78, 5) is 40.3. The summed E-state index contributed by atoms with van der Waals surface area (Å²) in [6.45, 7) is 0.0237. The van der Waals surface area contributed by atoms with Gasteiger partial charge in [0.15, 0.2) is 5.78 Å². The lowest BCUT2D eigenvalue weighted by Crippen LogP contribution is -2.47. The number of rotatable bonds is 4. The second-order valence-electron chi connectivity index (χ2n) is 6.59. The summed E-state index contributed by atoms with van der Waals surface area (Å²) in [6.07, 6.45) is -0.625. The molecule has 1 aliphatic heterocycles. The van der Waals surface area contributed by atoms with Crippen molar-refractivity contribution in [2.75, 3.05) is 4.90 Å². The molecular formula is C22H16ClNO4S. The van der Waals surface area contributed by atoms with Crippen molar-refractivity contribution in [2.45, 2.75) is 13.0 Å². The van der Waals surface area contributed by atoms with E-state index in [1.165, 1.54) is 11.3 Å². The smallest absolute Gasteiger partial charge is 0.421 e. The number of halogens is 1. The van der Waals surface area contributed by atoms with Gasteiger partial charge in [0, 0.05) is 5.02 Å². The zero-order valence-electron chi connectivity index (χ0n) is 15.2. The monoisotopic (exact) mass is 425 g/mol. The van der Waals surface area contributed by atoms with Crippen LogP contribution >= 0.6 is 22.9 Å². The van der Waals surface area contributed by atoms with E-state index in [0.717, 1.165) is 10.5 Å². The summed E-state index contributed by atoms with van der Waals surface area (Å²) >= 11 is 7.37. The minimum Gasteiger partial charge on any atom is -0.444 e. The molecule has 0 fully saturated rings. The summed E-state index contributed by atoms with van der Waals surface area (Å²) < 4.78 is 5.37. The summed E-state index contributed by atoms with van der Waals surface area (Å²) in [7, 11) is 0. The van der Waals surface area contributed by atoms with Crippen LogP contribution in [0.25, 0.3) is 0 Å². The number of carbonyl (C=O) groups is 3. The minimum absolute atomic E-state index is 0.0237. The van der Waals surface area contributed by atoms with Gasteiger partial charge in [0.05, 0.1) is 10.6 Å². The third-order valence-electron chi connectivity index (χ3n) is 4.69. The third-order valence-corrected chi connectivity index (χ3v) is 5.81. The molecule has 0 saturated carbocycles. The number of benzene rings is 2. The number of ether oxygens (including phenoxy) is 1. The van der Waals surface area contributed by atoms with Gasteiger partial charge in [-0.15, -0.1) is 11.3 Å². The van der Waals surface area contributed by atoms with Crippen molar-refractivity contribution in [3.8, 4) is 0 Å². The molecule has 0 N–H and O–H groups in total. The second kappa shape index (κ2) is 8.19. The van der Waals surface area contributed by atoms with Crippen molar-refractivity contribution in [1.82, 2.24) is 0 Å². The lowest BCUT2D eigenvalue weighted by molar-refractivity contribution is -0.121. The van der Waals surface area contributed by atoms with E-state index in [1.54, 1.807) is 35.7 Å². The highest BCUT2D eigenvalue weighted by Gasteiger charge is 2.41. The molecular weight excluding hydrogens is 410 g/mol. The third kappa shape index (κ3) is 3.95. The second-order valence-corrected chi connectivity index (χ2v) is 7.97. The van der Waals surface area contributed by atoms with Crippen LogP contribution < -0.4 is 4.90 Å². The van der Waals surface area contributed by atoms with Crippen LogP contribution in [-0.4, -0.2) is 17.8 Å². The number of thiophene rings is 1. The zero-order chi connectivity index (χ0) is 20.4. The summed E-state index contributed by atoms with van der Waals surface area (Å²) in [5.74, 6) is -1.89. The Morgan fingerprint density at radius 1 is 1.10 bits per heavy atom. The summed E-state index contributed by atoms with van der Waals surface area (Å²) in [6, 6.07) is 17.5. The lowest BCUT2D eigenvalue weighted by atomic mass is 9.88. The number of fused-ring (bicyclic) bond motifs is 1. The molecule has 1 aromatic heterocycles. The molecule has 0 bridgehead atoms. The Bertz CT molecular complexity index is 1070. The molecule has 0 spiro atoms. The quantitative estimate of drug-likeness (QED) is 0.429. The van der Waals surface area contributed by atoms with Crippen LogP contribution in [0.1, 0.15) is 20.8 Å². The molecule has 0 radical (unpaired) electrons. The number of Topliss-reactive ketones (excluding diaryl/α,β-unsaturated/α-hetero) is 1. The average molecular weight is 426 g/mol. The Balaban J connectivity index is 1.64. The SMILES string of the molecule is O=C(c1cccs1)C1Cc2cc(Cl)ccc2N(C(=O)OCc2ccccc2)C1=O. The van der Waals surface area contributed by atoms with Crippen molar-refractivity contribution >= 4 is 46.4 Å². The normalized spacial score (nSPS) is 15.7. The van der Waals surface area contributed by atoms with Crippen LogP contribution in [0.15, 0.2) is 66.0 Å². The van der Waals surface area contributed by atoms with E-state index in [2.05, 4.69) is 0 Å². The molecule has 7 heteroatoms. The zero-order valence-corrected chi connectivity index (χ0v) is 16.8. The Morgan fingerprint density at radius 3 is 2.62 bits per heavy atom. The molecule has 1 unspecified atom stereocenters. The number of nitrogens with zero attached hydrogens (tertiary/aromatic N) is 1. The topological polar surface area (TPSA) is 63.7 Å². The fourth-order valence-electron chi connectivity index (χ4n) is 3.28. The van der Waals surface area contributed by atoms with Gasteiger partial charge in [0.1, 0.15) is 12.5 Å². The predicted molar refractivity (Wildman–Crippen MR) is 111 cm³/mol. The van der Waals surface area contributed by atoms with E-state index in [4.69, 9.17) is 16.3 Å². The van der Waals surface area contributed by atoms with Crippen LogP contribution in [0.4, 0.5) is 10.5 Å². The number of amides is 2. The fraction of sp³-hybridized carbons (Fsp3) is 0.136. The van der Waals surface area contributed by atoms with E-state index in [1.807, 2.05) is 30.3 Å². The van der Waals surface area contributed by atoms with Gasteiger partial charge in [0.2, 0.25) is 5.91 Å². The van der Waals surface area contributed by atoms with Gasteiger partial charge in [-0.05, 0) is 47.2 Å². The number of imide groups is 1. The van der Waals surface area contributed by atoms with Gasteiger partial charge in [-0.1, -0.05) is 48.0 Å². The maximum atomic E-state index is 13.1. The molecule has 5 nitrogen and oxygen atoms in total. The molecule has 0 saturated heterocycles. The molecule has 0 aliphatic carbocycles. The first-order chi connectivity index (χ1) is 14.0. The molecule has 4 rings (SSSR count). The van der Waals surface area contributed by atoms with Crippen molar-refractivity contribution in [2.24, 2.45) is 5.92 Å². The average Bonchev–Trinajstić information content (AvgIpc) is 3.27. The van der Waals surface area contributed by atoms with Crippen molar-refractivity contribution in [3.05, 3.63) is 87.1 Å². The maximum absolute atomic E-state index is 13.1. The standard InChI is InChI=1S/C22H16ClNO4S/c23-16-8-9-18-15(11-16)12-17(20(25)19-7-4-10-29-19)21(26)24(18)22(27)28-13-14-5-2-1-3-6-14/h1-11,17H,12-13H2. The van der Waals surface area contributed by atoms with E-state index >= 15 is 0 Å². The number of hydrogen-bond acceptors (Lipinski definition) is 5. The Morgan fingerprint density at radius 2 is 1.90 bits per heavy atom. The van der Waals surface area contributed by atoms with Crippen molar-refractivity contribution in [1.29, 1.82) is 0 Å². The van der Waals surface area contributed by atoms with Gasteiger partial charge in [-0.2, -0.15) is 0 Å². The fourth-order valence-corrected chi connectivity index (χ4v) is 4.20. The van der Waals surface area contributed by atoms with Gasteiger partial charge in [-0.25, -0.2) is 9.69 Å². The molecule has 3 aromatic rings. The molecule has 2 heterocycles. The highest BCUT2D eigenvalue weighted by molar-refractivity contribution is 7.12. The molecule has 29 heavy (non-hydrogen) atoms. The molecule has 146 valence electrons. The first-order valence-electron chi connectivity index (χ1n) is 8.95. The Labute approximate surface area is 176 Å². The number of ketones is 1. The van der Waals surface area contributed by atoms with E-state index < -0.39 is 17.9 Å². The van der Waals surface area contributed by atoms with E-state index in [0.29, 0.717) is 21.2 Å². The van der Waals surface area contributed by atoms with Gasteiger partial charge < -0.3 is 4.74 Å². The number of carbonyl (C=O) groups excluding carboxylic acids is 3. The predicted octanol–water partition coefficient (Wildman–Crippen LogP) is 5.13. The number of anilines is 1. The van der Waals surface area contributed by atoms with Gasteiger partial charge in [-0.3, -0.25) is 9.59 Å². The molecule has 2 amide bonds. The van der Waals surface area contributed by atoms with E-state index in [-0.39, 0.29) is 18.8 Å². The van der Waals surface area contributed by atoms with Crippen LogP contribution in [0, 0.1) is 5.92 Å². The van der Waals surface area contributed by atoms with Crippen molar-refractivity contribution in [3.63, 3.8) is 0 Å². The molecule has 2 aromatic carbocycles. The van der Waals surface area contributed by atoms with Crippen LogP contribution in [0.2, 0.25) is 5.02 Å². The first kappa shape index (κ1) is 19.4. The Kier molecular flexibility index (Phi) is 5.47. The minimum atomic E-state index is -0.996. The summed E-state index contributed by atoms with van der Waals surface area (Å²) in [5.41, 5.74) is 1.85. The highest BCUT2D eigenvalue weighted by Crippen LogP contribution is 2.35. The van der Waals surface area contributed by atoms with Crippen LogP contribution in [0.3, 0.4) is 0 Å². The largest absolute Gasteiger partial charge is 0.444 e. The van der Waals surface area contributed by atoms with E-state index in [9.17, 15) is 14.4 Å². The van der Waals surface area contributed by atoms with Crippen LogP contribution in [-0.2, 0) is 22.6 Å². The van der Waals surface area contributed by atoms with Gasteiger partial charge >= 0.3 is 6.09 Å². The Hall–Kier alpha value is -2.96. The highest BCUT2D eigenvalue weighted by atomic mass is 35.5. The first-order valence-corrected chi connectivity index (χ1v) is 10.2.